The fourth-order valence-electron chi connectivity index (χ4n) is 3.73. The van der Waals surface area contributed by atoms with E-state index in [4.69, 9.17) is 0 Å². The molecule has 0 atom stereocenters. The van der Waals surface area contributed by atoms with Crippen LogP contribution < -0.4 is 5.32 Å². The van der Waals surface area contributed by atoms with Gasteiger partial charge in [-0.3, -0.25) is 0 Å². The number of hydrogen-bond acceptors (Lipinski definition) is 3. The first-order valence-electron chi connectivity index (χ1n) is 7.74. The molecule has 1 saturated carbocycles. The molecule has 0 unspecified atom stereocenters. The Morgan fingerprint density at radius 1 is 1.10 bits per heavy atom. The van der Waals surface area contributed by atoms with Crippen LogP contribution in [0.4, 0.5) is 0 Å². The summed E-state index contributed by atoms with van der Waals surface area (Å²) in [6.07, 6.45) is 8.50. The summed E-state index contributed by atoms with van der Waals surface area (Å²) < 4.78 is 0. The molecule has 1 aromatic carbocycles. The maximum Gasteiger partial charge on any atom is 0.235 e. The van der Waals surface area contributed by atoms with E-state index in [1.807, 2.05) is 0 Å². The van der Waals surface area contributed by atoms with E-state index in [1.54, 1.807) is 6.08 Å². The molecule has 2 aliphatic rings. The van der Waals surface area contributed by atoms with E-state index in [9.17, 15) is 4.79 Å². The van der Waals surface area contributed by atoms with Crippen LogP contribution in [-0.2, 0) is 10.3 Å². The summed E-state index contributed by atoms with van der Waals surface area (Å²) in [6.45, 7) is 2.23. The summed E-state index contributed by atoms with van der Waals surface area (Å²) in [6, 6.07) is 8.85. The first-order valence-corrected chi connectivity index (χ1v) is 7.74. The molecule has 2 fully saturated rings. The van der Waals surface area contributed by atoms with Crippen LogP contribution in [0.1, 0.15) is 55.6 Å². The zero-order chi connectivity index (χ0) is 13.8. The average Bonchev–Trinajstić information content (AvgIpc) is 2.99. The third-order valence-electron chi connectivity index (χ3n) is 4.95. The van der Waals surface area contributed by atoms with E-state index < -0.39 is 0 Å². The van der Waals surface area contributed by atoms with Crippen molar-refractivity contribution in [1.82, 2.24) is 5.32 Å². The third-order valence-corrected chi connectivity index (χ3v) is 4.95. The normalized spacial score (nSPS) is 22.4. The summed E-state index contributed by atoms with van der Waals surface area (Å²) in [7, 11) is 0. The molecule has 0 radical (unpaired) electrons. The van der Waals surface area contributed by atoms with Gasteiger partial charge >= 0.3 is 0 Å². The molecular weight excluding hydrogens is 248 g/mol. The van der Waals surface area contributed by atoms with E-state index >= 15 is 0 Å². The molecule has 0 amide bonds. The van der Waals surface area contributed by atoms with Gasteiger partial charge in [-0.25, -0.2) is 4.79 Å². The Morgan fingerprint density at radius 2 is 1.75 bits per heavy atom. The highest BCUT2D eigenvalue weighted by Gasteiger charge is 2.35. The van der Waals surface area contributed by atoms with E-state index in [1.165, 1.54) is 24.0 Å². The summed E-state index contributed by atoms with van der Waals surface area (Å²) in [4.78, 5) is 14.9. The predicted octanol–water partition coefficient (Wildman–Crippen LogP) is 3.26. The van der Waals surface area contributed by atoms with E-state index in [0.717, 1.165) is 38.8 Å². The van der Waals surface area contributed by atoms with Crippen LogP contribution in [0.3, 0.4) is 0 Å². The molecule has 1 aromatic rings. The van der Waals surface area contributed by atoms with E-state index in [-0.39, 0.29) is 5.54 Å². The van der Waals surface area contributed by atoms with Crippen LogP contribution in [0.15, 0.2) is 29.3 Å². The molecule has 0 bridgehead atoms. The number of isocyanates is 1. The minimum atomic E-state index is -0.283. The lowest BCUT2D eigenvalue weighted by molar-refractivity contribution is 0.451. The minimum absolute atomic E-state index is 0.283. The topological polar surface area (TPSA) is 41.5 Å². The number of benzene rings is 1. The second-order valence-electron chi connectivity index (χ2n) is 6.09. The molecule has 106 valence electrons. The highest BCUT2D eigenvalue weighted by Crippen LogP contribution is 2.42. The summed E-state index contributed by atoms with van der Waals surface area (Å²) >= 11 is 0. The number of nitrogens with zero attached hydrogens (tertiary/aromatic N) is 1. The largest absolute Gasteiger partial charge is 0.317 e. The number of aliphatic imine (C=N–C) groups is 1. The van der Waals surface area contributed by atoms with Gasteiger partial charge in [-0.15, -0.1) is 0 Å². The van der Waals surface area contributed by atoms with Crippen molar-refractivity contribution in [3.05, 3.63) is 35.4 Å². The van der Waals surface area contributed by atoms with E-state index in [2.05, 4.69) is 34.6 Å². The second-order valence-corrected chi connectivity index (χ2v) is 6.09. The Balaban J connectivity index is 1.82. The number of piperidine rings is 1. The van der Waals surface area contributed by atoms with Gasteiger partial charge in [0, 0.05) is 0 Å². The summed E-state index contributed by atoms with van der Waals surface area (Å²) in [5, 5.41) is 3.41. The van der Waals surface area contributed by atoms with Crippen molar-refractivity contribution in [2.75, 3.05) is 13.1 Å². The number of rotatable bonds is 3. The van der Waals surface area contributed by atoms with Gasteiger partial charge in [0.05, 0.1) is 5.54 Å². The van der Waals surface area contributed by atoms with Crippen molar-refractivity contribution in [2.45, 2.75) is 50.0 Å². The molecule has 3 nitrogen and oxygen atoms in total. The van der Waals surface area contributed by atoms with Gasteiger partial charge < -0.3 is 5.32 Å². The fourth-order valence-corrected chi connectivity index (χ4v) is 3.73. The van der Waals surface area contributed by atoms with Gasteiger partial charge in [-0.05, 0) is 55.8 Å². The molecule has 1 heterocycles. The summed E-state index contributed by atoms with van der Waals surface area (Å²) in [5.74, 6) is 0.680. The van der Waals surface area contributed by atoms with Crippen molar-refractivity contribution in [3.63, 3.8) is 0 Å². The Bertz CT molecular complexity index is 490. The van der Waals surface area contributed by atoms with Crippen LogP contribution >= 0.6 is 0 Å². The highest BCUT2D eigenvalue weighted by atomic mass is 16.1. The first kappa shape index (κ1) is 13.5. The molecule has 0 spiro atoms. The van der Waals surface area contributed by atoms with Crippen molar-refractivity contribution >= 4 is 6.08 Å². The smallest absolute Gasteiger partial charge is 0.235 e. The summed E-state index contributed by atoms with van der Waals surface area (Å²) in [5.41, 5.74) is 2.34. The van der Waals surface area contributed by atoms with Crippen LogP contribution in [0.25, 0.3) is 0 Å². The van der Waals surface area contributed by atoms with Crippen molar-refractivity contribution in [2.24, 2.45) is 4.99 Å². The maximum atomic E-state index is 10.8. The molecule has 0 aromatic heterocycles. The molecule has 1 N–H and O–H groups in total. The van der Waals surface area contributed by atoms with Crippen LogP contribution in [0, 0.1) is 0 Å². The molecule has 1 aliphatic heterocycles. The molecule has 20 heavy (non-hydrogen) atoms. The van der Waals surface area contributed by atoms with E-state index in [0.29, 0.717) is 5.92 Å². The maximum absolute atomic E-state index is 10.8. The molecule has 3 heteroatoms. The highest BCUT2D eigenvalue weighted by molar-refractivity contribution is 5.39. The lowest BCUT2D eigenvalue weighted by Gasteiger charge is -2.26. The SMILES string of the molecule is O=C=NC1(c2ccc(C3CCNCC3)cc2)CCCC1. The lowest BCUT2D eigenvalue weighted by atomic mass is 9.85. The Kier molecular flexibility index (Phi) is 4.00. The van der Waals surface area contributed by atoms with Crippen molar-refractivity contribution in [3.8, 4) is 0 Å². The number of nitrogens with one attached hydrogen (secondary N) is 1. The van der Waals surface area contributed by atoms with Crippen molar-refractivity contribution < 1.29 is 4.79 Å². The molecule has 3 rings (SSSR count). The van der Waals surface area contributed by atoms with Crippen LogP contribution in [0.5, 0.6) is 0 Å². The zero-order valence-corrected chi connectivity index (χ0v) is 11.9. The molecule has 1 saturated heterocycles. The number of carbonyl (C=O) groups excluding carboxylic acids is 1. The molecule has 1 aliphatic carbocycles. The third kappa shape index (κ3) is 2.56. The average molecular weight is 270 g/mol. The van der Waals surface area contributed by atoms with Crippen LogP contribution in [-0.4, -0.2) is 19.2 Å². The monoisotopic (exact) mass is 270 g/mol. The fraction of sp³-hybridized carbons (Fsp3) is 0.588. The second kappa shape index (κ2) is 5.90. The predicted molar refractivity (Wildman–Crippen MR) is 79.6 cm³/mol. The van der Waals surface area contributed by atoms with Gasteiger partial charge in [-0.2, -0.15) is 4.99 Å². The van der Waals surface area contributed by atoms with Crippen LogP contribution in [0.2, 0.25) is 0 Å². The minimum Gasteiger partial charge on any atom is -0.317 e. The lowest BCUT2D eigenvalue weighted by Crippen LogP contribution is -2.26. The standard InChI is InChI=1S/C17H22N2O/c20-13-19-17(9-1-2-10-17)16-5-3-14(4-6-16)15-7-11-18-12-8-15/h3-6,15,18H,1-2,7-12H2. The number of hydrogen-bond donors (Lipinski definition) is 1. The Hall–Kier alpha value is -1.44. The van der Waals surface area contributed by atoms with Gasteiger partial charge in [0.2, 0.25) is 6.08 Å². The quantitative estimate of drug-likeness (QED) is 0.676. The Labute approximate surface area is 120 Å². The van der Waals surface area contributed by atoms with Gasteiger partial charge in [0.25, 0.3) is 0 Å². The zero-order valence-electron chi connectivity index (χ0n) is 11.9. The van der Waals surface area contributed by atoms with Crippen molar-refractivity contribution in [1.29, 1.82) is 0 Å². The van der Waals surface area contributed by atoms with Gasteiger partial charge in [0.1, 0.15) is 0 Å². The van der Waals surface area contributed by atoms with Gasteiger partial charge in [-0.1, -0.05) is 37.1 Å². The van der Waals surface area contributed by atoms with Gasteiger partial charge in [0.15, 0.2) is 0 Å². The molecular formula is C17H22N2O. The first-order chi connectivity index (χ1) is 9.84. The Morgan fingerprint density at radius 3 is 2.35 bits per heavy atom.